The average molecular weight is 372 g/mol. The van der Waals surface area contributed by atoms with Crippen LogP contribution in [0.2, 0.25) is 0 Å². The Bertz CT molecular complexity index is 1150. The first-order valence-electron chi connectivity index (χ1n) is 9.78. The molecule has 1 aliphatic rings. The van der Waals surface area contributed by atoms with Gasteiger partial charge in [0.25, 0.3) is 0 Å². The molecule has 0 aliphatic carbocycles. The van der Waals surface area contributed by atoms with Crippen LogP contribution in [-0.2, 0) is 6.54 Å². The minimum Gasteiger partial charge on any atom is -0.492 e. The number of hydrogen-bond acceptors (Lipinski definition) is 3. The molecule has 0 bridgehead atoms. The lowest BCUT2D eigenvalue weighted by Gasteiger charge is -2.18. The van der Waals surface area contributed by atoms with E-state index in [1.807, 2.05) is 0 Å². The van der Waals surface area contributed by atoms with Gasteiger partial charge in [0.15, 0.2) is 0 Å². The highest BCUT2D eigenvalue weighted by molar-refractivity contribution is 6.17. The standard InChI is InChI=1S/C24H24N2O2/c1-25(2)13-15-27-20-12-11-18(17-7-4-3-5-8-17)24-22(20)19-9-6-10-21-23(19)26(24)14-16-28-21/h3-12H,13-16H2,1-2H3. The van der Waals surface area contributed by atoms with Crippen LogP contribution in [0, 0.1) is 0 Å². The molecule has 1 aromatic heterocycles. The van der Waals surface area contributed by atoms with Gasteiger partial charge >= 0.3 is 0 Å². The number of likely N-dealkylation sites (N-methyl/N-ethyl adjacent to an activating group) is 1. The van der Waals surface area contributed by atoms with Gasteiger partial charge in [-0.3, -0.25) is 0 Å². The Labute approximate surface area is 164 Å². The molecule has 2 heterocycles. The van der Waals surface area contributed by atoms with Crippen LogP contribution >= 0.6 is 0 Å². The van der Waals surface area contributed by atoms with Crippen LogP contribution in [0.5, 0.6) is 11.5 Å². The lowest BCUT2D eigenvalue weighted by molar-refractivity contribution is 0.264. The second-order valence-corrected chi connectivity index (χ2v) is 7.51. The zero-order valence-corrected chi connectivity index (χ0v) is 16.3. The third-order valence-corrected chi connectivity index (χ3v) is 5.40. The topological polar surface area (TPSA) is 26.6 Å². The van der Waals surface area contributed by atoms with Crippen molar-refractivity contribution in [1.29, 1.82) is 0 Å². The summed E-state index contributed by atoms with van der Waals surface area (Å²) in [5.41, 5.74) is 4.86. The van der Waals surface area contributed by atoms with Gasteiger partial charge in [0.2, 0.25) is 0 Å². The summed E-state index contributed by atoms with van der Waals surface area (Å²) in [7, 11) is 4.13. The Morgan fingerprint density at radius 3 is 2.64 bits per heavy atom. The molecule has 4 heteroatoms. The van der Waals surface area contributed by atoms with Gasteiger partial charge in [-0.1, -0.05) is 42.5 Å². The molecular formula is C24H24N2O2. The summed E-state index contributed by atoms with van der Waals surface area (Å²) in [5, 5.41) is 2.38. The van der Waals surface area contributed by atoms with Crippen molar-refractivity contribution < 1.29 is 9.47 Å². The maximum Gasteiger partial charge on any atom is 0.143 e. The van der Waals surface area contributed by atoms with Crippen molar-refractivity contribution in [3.05, 3.63) is 60.7 Å². The molecule has 3 aromatic carbocycles. The van der Waals surface area contributed by atoms with E-state index in [2.05, 4.69) is 84.2 Å². The summed E-state index contributed by atoms with van der Waals surface area (Å²) in [6.45, 7) is 3.08. The van der Waals surface area contributed by atoms with E-state index in [0.29, 0.717) is 13.2 Å². The molecule has 5 rings (SSSR count). The summed E-state index contributed by atoms with van der Waals surface area (Å²) in [5.74, 6) is 1.90. The number of aromatic nitrogens is 1. The number of benzene rings is 3. The van der Waals surface area contributed by atoms with Crippen LogP contribution in [0.4, 0.5) is 0 Å². The molecule has 0 unspecified atom stereocenters. The Balaban J connectivity index is 1.80. The number of fused-ring (bicyclic) bond motifs is 3. The predicted molar refractivity (Wildman–Crippen MR) is 114 cm³/mol. The van der Waals surface area contributed by atoms with E-state index in [4.69, 9.17) is 9.47 Å². The van der Waals surface area contributed by atoms with Gasteiger partial charge in [0, 0.05) is 17.5 Å². The lowest BCUT2D eigenvalue weighted by atomic mass is 10.0. The smallest absolute Gasteiger partial charge is 0.143 e. The van der Waals surface area contributed by atoms with E-state index in [1.54, 1.807) is 0 Å². The molecular weight excluding hydrogens is 348 g/mol. The molecule has 28 heavy (non-hydrogen) atoms. The molecule has 0 N–H and O–H groups in total. The van der Waals surface area contributed by atoms with Gasteiger partial charge in [0.05, 0.1) is 23.0 Å². The van der Waals surface area contributed by atoms with E-state index in [-0.39, 0.29) is 0 Å². The molecule has 4 nitrogen and oxygen atoms in total. The van der Waals surface area contributed by atoms with E-state index < -0.39 is 0 Å². The predicted octanol–water partition coefficient (Wildman–Crippen LogP) is 4.79. The normalized spacial score (nSPS) is 13.2. The molecule has 0 fully saturated rings. The maximum absolute atomic E-state index is 6.25. The Kier molecular flexibility index (Phi) is 4.21. The van der Waals surface area contributed by atoms with Crippen LogP contribution in [0.1, 0.15) is 0 Å². The largest absolute Gasteiger partial charge is 0.492 e. The van der Waals surface area contributed by atoms with Gasteiger partial charge in [0.1, 0.15) is 24.7 Å². The van der Waals surface area contributed by atoms with Crippen molar-refractivity contribution in [2.45, 2.75) is 6.54 Å². The molecule has 0 saturated carbocycles. The SMILES string of the molecule is CN(C)CCOc1ccc(-c2ccccc2)c2c1c1cccc3c1n2CCO3. The van der Waals surface area contributed by atoms with Crippen LogP contribution in [0.3, 0.4) is 0 Å². The van der Waals surface area contributed by atoms with E-state index in [0.717, 1.165) is 24.6 Å². The number of nitrogens with zero attached hydrogens (tertiary/aromatic N) is 2. The zero-order valence-electron chi connectivity index (χ0n) is 16.3. The fraction of sp³-hybridized carbons (Fsp3) is 0.250. The first kappa shape index (κ1) is 17.1. The second kappa shape index (κ2) is 6.88. The number of para-hydroxylation sites is 1. The first-order chi connectivity index (χ1) is 13.7. The highest BCUT2D eigenvalue weighted by atomic mass is 16.5. The third kappa shape index (κ3) is 2.72. The van der Waals surface area contributed by atoms with Crippen molar-refractivity contribution >= 4 is 21.8 Å². The van der Waals surface area contributed by atoms with Crippen molar-refractivity contribution in [2.24, 2.45) is 0 Å². The number of hydrogen-bond donors (Lipinski definition) is 0. The molecule has 142 valence electrons. The van der Waals surface area contributed by atoms with Crippen LogP contribution in [0.25, 0.3) is 32.9 Å². The summed E-state index contributed by atoms with van der Waals surface area (Å²) in [4.78, 5) is 2.14. The summed E-state index contributed by atoms with van der Waals surface area (Å²) in [6.07, 6.45) is 0. The van der Waals surface area contributed by atoms with Crippen molar-refractivity contribution in [2.75, 3.05) is 33.9 Å². The van der Waals surface area contributed by atoms with E-state index >= 15 is 0 Å². The minimum absolute atomic E-state index is 0.662. The van der Waals surface area contributed by atoms with Crippen LogP contribution in [0.15, 0.2) is 60.7 Å². The van der Waals surface area contributed by atoms with Crippen LogP contribution < -0.4 is 9.47 Å². The second-order valence-electron chi connectivity index (χ2n) is 7.51. The van der Waals surface area contributed by atoms with Crippen molar-refractivity contribution in [1.82, 2.24) is 9.47 Å². The van der Waals surface area contributed by atoms with Gasteiger partial charge in [-0.2, -0.15) is 0 Å². The molecule has 0 atom stereocenters. The Hall–Kier alpha value is -2.98. The Morgan fingerprint density at radius 2 is 1.82 bits per heavy atom. The van der Waals surface area contributed by atoms with Crippen molar-refractivity contribution in [3.8, 4) is 22.6 Å². The highest BCUT2D eigenvalue weighted by Crippen LogP contribution is 2.44. The molecule has 0 saturated heterocycles. The van der Waals surface area contributed by atoms with Crippen LogP contribution in [-0.4, -0.2) is 43.3 Å². The molecule has 0 amide bonds. The molecule has 4 aromatic rings. The molecule has 0 spiro atoms. The van der Waals surface area contributed by atoms with Gasteiger partial charge in [-0.25, -0.2) is 0 Å². The molecule has 1 aliphatic heterocycles. The van der Waals surface area contributed by atoms with E-state index in [1.165, 1.54) is 32.9 Å². The number of rotatable bonds is 5. The highest BCUT2D eigenvalue weighted by Gasteiger charge is 2.23. The third-order valence-electron chi connectivity index (χ3n) is 5.40. The van der Waals surface area contributed by atoms with Gasteiger partial charge < -0.3 is 18.9 Å². The van der Waals surface area contributed by atoms with Gasteiger partial charge in [-0.15, -0.1) is 0 Å². The average Bonchev–Trinajstić information content (AvgIpc) is 3.06. The number of ether oxygens (including phenoxy) is 2. The zero-order chi connectivity index (χ0) is 19.1. The lowest BCUT2D eigenvalue weighted by Crippen LogP contribution is -2.19. The Morgan fingerprint density at radius 1 is 0.964 bits per heavy atom. The van der Waals surface area contributed by atoms with Crippen molar-refractivity contribution in [3.63, 3.8) is 0 Å². The summed E-state index contributed by atoms with van der Waals surface area (Å²) < 4.78 is 14.6. The van der Waals surface area contributed by atoms with E-state index in [9.17, 15) is 0 Å². The maximum atomic E-state index is 6.25. The first-order valence-corrected chi connectivity index (χ1v) is 9.78. The van der Waals surface area contributed by atoms with Gasteiger partial charge in [-0.05, 0) is 37.9 Å². The summed E-state index contributed by atoms with van der Waals surface area (Å²) in [6, 6.07) is 21.2. The fourth-order valence-electron chi connectivity index (χ4n) is 4.12. The summed E-state index contributed by atoms with van der Waals surface area (Å²) >= 11 is 0. The minimum atomic E-state index is 0.662. The monoisotopic (exact) mass is 372 g/mol. The fourth-order valence-corrected chi connectivity index (χ4v) is 4.12. The quantitative estimate of drug-likeness (QED) is 0.504. The molecule has 0 radical (unpaired) electrons.